The molecule has 0 spiro atoms. The maximum Gasteiger partial charge on any atom is 0.167 e. The normalized spacial score (nSPS) is 14.0. The molecule has 1 N–H and O–H groups in total. The molecule has 3 heteroatoms. The number of benzene rings is 1. The van der Waals surface area contributed by atoms with Gasteiger partial charge in [-0.1, -0.05) is 18.1 Å². The third-order valence-electron chi connectivity index (χ3n) is 2.82. The highest BCUT2D eigenvalue weighted by atomic mass is 16.5. The second-order valence-electron chi connectivity index (χ2n) is 4.33. The van der Waals surface area contributed by atoms with Gasteiger partial charge in [0.25, 0.3) is 0 Å². The predicted molar refractivity (Wildman–Crippen MR) is 71.8 cm³/mol. The SMILES string of the molecule is C#CCOc1c(CNC2CC2)cccc1OCC. The molecular weight excluding hydrogens is 226 g/mol. The number of rotatable bonds is 7. The van der Waals surface area contributed by atoms with Gasteiger partial charge in [0.2, 0.25) is 0 Å². The van der Waals surface area contributed by atoms with Gasteiger partial charge in [-0.15, -0.1) is 6.42 Å². The molecule has 18 heavy (non-hydrogen) atoms. The summed E-state index contributed by atoms with van der Waals surface area (Å²) in [4.78, 5) is 0. The van der Waals surface area contributed by atoms with Crippen LogP contribution in [-0.4, -0.2) is 19.3 Å². The topological polar surface area (TPSA) is 30.5 Å². The Morgan fingerprint density at radius 1 is 1.39 bits per heavy atom. The van der Waals surface area contributed by atoms with Crippen molar-refractivity contribution in [2.45, 2.75) is 32.4 Å². The van der Waals surface area contributed by atoms with Crippen LogP contribution in [0.3, 0.4) is 0 Å². The lowest BCUT2D eigenvalue weighted by molar-refractivity contribution is 0.296. The maximum absolute atomic E-state index is 5.62. The standard InChI is InChI=1S/C15H19NO2/c1-3-10-18-15-12(11-16-13-8-9-13)6-5-7-14(15)17-4-2/h1,5-7,13,16H,4,8-11H2,2H3. The van der Waals surface area contributed by atoms with Gasteiger partial charge >= 0.3 is 0 Å². The summed E-state index contributed by atoms with van der Waals surface area (Å²) in [7, 11) is 0. The van der Waals surface area contributed by atoms with Crippen LogP contribution in [0.4, 0.5) is 0 Å². The van der Waals surface area contributed by atoms with Crippen LogP contribution in [0.15, 0.2) is 18.2 Å². The number of nitrogens with one attached hydrogen (secondary N) is 1. The van der Waals surface area contributed by atoms with Crippen LogP contribution in [0.2, 0.25) is 0 Å². The van der Waals surface area contributed by atoms with E-state index in [1.807, 2.05) is 25.1 Å². The van der Waals surface area contributed by atoms with Crippen molar-refractivity contribution in [1.29, 1.82) is 0 Å². The largest absolute Gasteiger partial charge is 0.490 e. The number of hydrogen-bond donors (Lipinski definition) is 1. The number of terminal acetylenes is 1. The van der Waals surface area contributed by atoms with Crippen LogP contribution in [0.5, 0.6) is 11.5 Å². The first-order valence-electron chi connectivity index (χ1n) is 6.39. The van der Waals surface area contributed by atoms with Gasteiger partial charge in [-0.25, -0.2) is 0 Å². The van der Waals surface area contributed by atoms with Crippen molar-refractivity contribution in [2.75, 3.05) is 13.2 Å². The van der Waals surface area contributed by atoms with Crippen LogP contribution in [0, 0.1) is 12.3 Å². The highest BCUT2D eigenvalue weighted by Gasteiger charge is 2.21. The molecule has 0 aliphatic heterocycles. The van der Waals surface area contributed by atoms with Crippen LogP contribution in [0.1, 0.15) is 25.3 Å². The molecule has 0 amide bonds. The maximum atomic E-state index is 5.62. The summed E-state index contributed by atoms with van der Waals surface area (Å²) in [5, 5.41) is 3.47. The van der Waals surface area contributed by atoms with E-state index in [4.69, 9.17) is 15.9 Å². The summed E-state index contributed by atoms with van der Waals surface area (Å²) in [6.45, 7) is 3.64. The molecule has 0 bridgehead atoms. The Bertz CT molecular complexity index is 433. The monoisotopic (exact) mass is 245 g/mol. The zero-order valence-corrected chi connectivity index (χ0v) is 10.7. The van der Waals surface area contributed by atoms with E-state index in [-0.39, 0.29) is 6.61 Å². The number of hydrogen-bond acceptors (Lipinski definition) is 3. The van der Waals surface area contributed by atoms with E-state index in [1.165, 1.54) is 12.8 Å². The molecule has 2 rings (SSSR count). The summed E-state index contributed by atoms with van der Waals surface area (Å²) < 4.78 is 11.2. The molecule has 96 valence electrons. The fraction of sp³-hybridized carbons (Fsp3) is 0.467. The third-order valence-corrected chi connectivity index (χ3v) is 2.82. The molecule has 0 radical (unpaired) electrons. The van der Waals surface area contributed by atoms with Crippen molar-refractivity contribution < 1.29 is 9.47 Å². The van der Waals surface area contributed by atoms with Gasteiger partial charge in [0.1, 0.15) is 6.61 Å². The Hall–Kier alpha value is -1.66. The van der Waals surface area contributed by atoms with Crippen LogP contribution in [0.25, 0.3) is 0 Å². The first kappa shape index (κ1) is 12.8. The van der Waals surface area contributed by atoms with Crippen LogP contribution < -0.4 is 14.8 Å². The van der Waals surface area contributed by atoms with E-state index in [9.17, 15) is 0 Å². The lowest BCUT2D eigenvalue weighted by Gasteiger charge is -2.15. The third kappa shape index (κ3) is 3.41. The first-order valence-corrected chi connectivity index (χ1v) is 6.39. The van der Waals surface area contributed by atoms with Gasteiger partial charge in [-0.2, -0.15) is 0 Å². The average molecular weight is 245 g/mol. The smallest absolute Gasteiger partial charge is 0.167 e. The van der Waals surface area contributed by atoms with Gasteiger partial charge in [0.05, 0.1) is 6.61 Å². The van der Waals surface area contributed by atoms with E-state index in [1.54, 1.807) is 0 Å². The van der Waals surface area contributed by atoms with Crippen molar-refractivity contribution in [2.24, 2.45) is 0 Å². The fourth-order valence-corrected chi connectivity index (χ4v) is 1.79. The molecule has 0 atom stereocenters. The fourth-order valence-electron chi connectivity index (χ4n) is 1.79. The van der Waals surface area contributed by atoms with Crippen molar-refractivity contribution in [3.63, 3.8) is 0 Å². The second kappa shape index (κ2) is 6.32. The van der Waals surface area contributed by atoms with Crippen LogP contribution >= 0.6 is 0 Å². The van der Waals surface area contributed by atoms with Crippen molar-refractivity contribution in [3.8, 4) is 23.8 Å². The van der Waals surface area contributed by atoms with E-state index in [0.29, 0.717) is 12.6 Å². The van der Waals surface area contributed by atoms with Gasteiger partial charge in [0.15, 0.2) is 11.5 Å². The molecule has 0 unspecified atom stereocenters. The quantitative estimate of drug-likeness (QED) is 0.748. The van der Waals surface area contributed by atoms with Crippen molar-refractivity contribution >= 4 is 0 Å². The molecular formula is C15H19NO2. The zero-order valence-electron chi connectivity index (χ0n) is 10.7. The average Bonchev–Trinajstić information content (AvgIpc) is 3.19. The summed E-state index contributed by atoms with van der Waals surface area (Å²) in [5.74, 6) is 4.03. The summed E-state index contributed by atoms with van der Waals surface area (Å²) in [6.07, 6.45) is 7.79. The minimum absolute atomic E-state index is 0.264. The minimum Gasteiger partial charge on any atom is -0.490 e. The van der Waals surface area contributed by atoms with Crippen molar-refractivity contribution in [1.82, 2.24) is 5.32 Å². The molecule has 0 aromatic heterocycles. The zero-order chi connectivity index (χ0) is 12.8. The van der Waals surface area contributed by atoms with E-state index in [2.05, 4.69) is 11.2 Å². The van der Waals surface area contributed by atoms with Crippen molar-refractivity contribution in [3.05, 3.63) is 23.8 Å². The lowest BCUT2D eigenvalue weighted by atomic mass is 10.2. The number of para-hydroxylation sites is 1. The molecule has 1 aliphatic rings. The summed E-state index contributed by atoms with van der Waals surface area (Å²) in [6, 6.07) is 6.61. The molecule has 1 aromatic rings. The van der Waals surface area contributed by atoms with E-state index in [0.717, 1.165) is 23.6 Å². The Morgan fingerprint density at radius 3 is 2.89 bits per heavy atom. The molecule has 1 aliphatic carbocycles. The Kier molecular flexibility index (Phi) is 4.49. The Labute approximate surface area is 108 Å². The summed E-state index contributed by atoms with van der Waals surface area (Å²) in [5.41, 5.74) is 1.10. The predicted octanol–water partition coefficient (Wildman–Crippen LogP) is 2.35. The molecule has 1 saturated carbocycles. The summed E-state index contributed by atoms with van der Waals surface area (Å²) >= 11 is 0. The van der Waals surface area contributed by atoms with E-state index >= 15 is 0 Å². The lowest BCUT2D eigenvalue weighted by Crippen LogP contribution is -2.16. The number of ether oxygens (including phenoxy) is 2. The van der Waals surface area contributed by atoms with Gasteiger partial charge < -0.3 is 14.8 Å². The molecule has 0 heterocycles. The molecule has 0 saturated heterocycles. The first-order chi connectivity index (χ1) is 8.85. The molecule has 1 aromatic carbocycles. The minimum atomic E-state index is 0.264. The highest BCUT2D eigenvalue weighted by molar-refractivity contribution is 5.46. The van der Waals surface area contributed by atoms with Gasteiger partial charge in [0, 0.05) is 18.2 Å². The molecule has 1 fully saturated rings. The van der Waals surface area contributed by atoms with Gasteiger partial charge in [-0.05, 0) is 25.8 Å². The highest BCUT2D eigenvalue weighted by Crippen LogP contribution is 2.32. The second-order valence-corrected chi connectivity index (χ2v) is 4.33. The van der Waals surface area contributed by atoms with Crippen LogP contribution in [-0.2, 0) is 6.54 Å². The van der Waals surface area contributed by atoms with E-state index < -0.39 is 0 Å². The van der Waals surface area contributed by atoms with Gasteiger partial charge in [-0.3, -0.25) is 0 Å². The Balaban J connectivity index is 2.12. The molecule has 3 nitrogen and oxygen atoms in total. The Morgan fingerprint density at radius 2 is 2.22 bits per heavy atom.